The highest BCUT2D eigenvalue weighted by Gasteiger charge is 2.40. The van der Waals surface area contributed by atoms with Crippen molar-refractivity contribution in [2.45, 2.75) is 13.0 Å². The molecule has 7 heteroatoms. The molecule has 1 unspecified atom stereocenters. The number of nitrogens with zero attached hydrogens (tertiary/aromatic N) is 2. The third-order valence-corrected chi connectivity index (χ3v) is 3.24. The Morgan fingerprint density at radius 3 is 2.35 bits per heavy atom. The van der Waals surface area contributed by atoms with Crippen LogP contribution in [0.1, 0.15) is 18.5 Å². The predicted molar refractivity (Wildman–Crippen MR) is 68.9 cm³/mol. The minimum absolute atomic E-state index is 0.00588. The van der Waals surface area contributed by atoms with E-state index in [0.717, 1.165) is 0 Å². The first-order valence-electron chi connectivity index (χ1n) is 5.80. The van der Waals surface area contributed by atoms with E-state index in [1.165, 1.54) is 43.1 Å². The maximum absolute atomic E-state index is 11.7. The van der Waals surface area contributed by atoms with Crippen LogP contribution in [0.3, 0.4) is 0 Å². The van der Waals surface area contributed by atoms with Crippen molar-refractivity contribution in [1.29, 1.82) is 0 Å². The molecule has 0 aromatic heterocycles. The van der Waals surface area contributed by atoms with Crippen molar-refractivity contribution in [3.8, 4) is 0 Å². The van der Waals surface area contributed by atoms with Crippen LogP contribution in [0, 0.1) is 10.1 Å². The zero-order valence-corrected chi connectivity index (χ0v) is 10.9. The number of aliphatic hydroxyl groups is 1. The Labute approximate surface area is 114 Å². The third-order valence-electron chi connectivity index (χ3n) is 3.24. The van der Waals surface area contributed by atoms with Crippen LogP contribution < -0.4 is 0 Å². The SMILES string of the molecule is CC(=O)C1=C(O)C(=O)N(C)C1c1ccc([N+](=O)[O-])cc1. The van der Waals surface area contributed by atoms with E-state index in [4.69, 9.17) is 0 Å². The van der Waals surface area contributed by atoms with Crippen molar-refractivity contribution in [3.05, 3.63) is 51.3 Å². The van der Waals surface area contributed by atoms with Gasteiger partial charge in [-0.1, -0.05) is 0 Å². The van der Waals surface area contributed by atoms with Gasteiger partial charge in [-0.3, -0.25) is 19.7 Å². The summed E-state index contributed by atoms with van der Waals surface area (Å²) in [4.78, 5) is 34.6. The van der Waals surface area contributed by atoms with Gasteiger partial charge in [-0.15, -0.1) is 0 Å². The average Bonchev–Trinajstić information content (AvgIpc) is 2.63. The molecule has 1 N–H and O–H groups in total. The molecule has 1 aliphatic heterocycles. The highest BCUT2D eigenvalue weighted by Crippen LogP contribution is 2.36. The molecule has 0 aliphatic carbocycles. The van der Waals surface area contributed by atoms with Crippen molar-refractivity contribution < 1.29 is 19.6 Å². The summed E-state index contributed by atoms with van der Waals surface area (Å²) in [6.07, 6.45) is 0. The molecular formula is C13H12N2O5. The number of non-ortho nitro benzene ring substituents is 1. The number of Topliss-reactive ketones (excluding diaryl/α,β-unsaturated/α-hetero) is 1. The van der Waals surface area contributed by atoms with Crippen LogP contribution in [0.4, 0.5) is 5.69 Å². The largest absolute Gasteiger partial charge is 0.503 e. The molecule has 2 rings (SSSR count). The monoisotopic (exact) mass is 276 g/mol. The molecule has 0 bridgehead atoms. The van der Waals surface area contributed by atoms with Gasteiger partial charge in [0, 0.05) is 19.2 Å². The molecule has 104 valence electrons. The highest BCUT2D eigenvalue weighted by molar-refractivity contribution is 6.07. The first-order valence-corrected chi connectivity index (χ1v) is 5.80. The molecule has 0 fully saturated rings. The summed E-state index contributed by atoms with van der Waals surface area (Å²) in [5.74, 6) is -1.62. The van der Waals surface area contributed by atoms with E-state index in [1.807, 2.05) is 0 Å². The lowest BCUT2D eigenvalue weighted by atomic mass is 9.97. The van der Waals surface area contributed by atoms with E-state index in [-0.39, 0.29) is 11.3 Å². The standard InChI is InChI=1S/C13H12N2O5/c1-7(16)10-11(14(2)13(18)12(10)17)8-3-5-9(6-4-8)15(19)20/h3-6,11,17H,1-2H3. The Morgan fingerprint density at radius 2 is 1.90 bits per heavy atom. The number of rotatable bonds is 3. The Morgan fingerprint density at radius 1 is 1.35 bits per heavy atom. The fourth-order valence-corrected chi connectivity index (χ4v) is 2.25. The van der Waals surface area contributed by atoms with Gasteiger partial charge in [-0.2, -0.15) is 0 Å². The molecule has 1 aromatic carbocycles. The van der Waals surface area contributed by atoms with Crippen molar-refractivity contribution in [1.82, 2.24) is 4.90 Å². The van der Waals surface area contributed by atoms with E-state index in [1.54, 1.807) is 0 Å². The van der Waals surface area contributed by atoms with Crippen LogP contribution in [0.5, 0.6) is 0 Å². The fraction of sp³-hybridized carbons (Fsp3) is 0.231. The lowest BCUT2D eigenvalue weighted by Crippen LogP contribution is -2.26. The maximum atomic E-state index is 11.7. The number of hydrogen-bond donors (Lipinski definition) is 1. The molecule has 1 amide bonds. The van der Waals surface area contributed by atoms with Crippen LogP contribution in [-0.4, -0.2) is 33.7 Å². The van der Waals surface area contributed by atoms with Crippen LogP contribution in [0.15, 0.2) is 35.6 Å². The molecule has 7 nitrogen and oxygen atoms in total. The number of hydrogen-bond acceptors (Lipinski definition) is 5. The van der Waals surface area contributed by atoms with Gasteiger partial charge in [0.2, 0.25) is 0 Å². The normalized spacial score (nSPS) is 18.6. The van der Waals surface area contributed by atoms with Gasteiger partial charge in [0.05, 0.1) is 16.5 Å². The molecule has 0 saturated carbocycles. The zero-order valence-electron chi connectivity index (χ0n) is 10.9. The van der Waals surface area contributed by atoms with E-state index >= 15 is 0 Å². The molecular weight excluding hydrogens is 264 g/mol. The molecule has 0 radical (unpaired) electrons. The number of nitro groups is 1. The van der Waals surface area contributed by atoms with Gasteiger partial charge in [0.25, 0.3) is 11.6 Å². The number of likely N-dealkylation sites (N-methyl/N-ethyl adjacent to an activating group) is 1. The first-order chi connectivity index (χ1) is 9.34. The number of benzene rings is 1. The first kappa shape index (κ1) is 13.7. The van der Waals surface area contributed by atoms with Crippen LogP contribution in [0.25, 0.3) is 0 Å². The second-order valence-corrected chi connectivity index (χ2v) is 4.49. The van der Waals surface area contributed by atoms with E-state index in [9.17, 15) is 24.8 Å². The zero-order chi connectivity index (χ0) is 15.0. The van der Waals surface area contributed by atoms with Crippen molar-refractivity contribution in [2.75, 3.05) is 7.05 Å². The molecule has 0 saturated heterocycles. The Kier molecular flexibility index (Phi) is 3.27. The number of amides is 1. The third kappa shape index (κ3) is 2.03. The van der Waals surface area contributed by atoms with Crippen LogP contribution in [0.2, 0.25) is 0 Å². The number of nitro benzene ring substituents is 1. The van der Waals surface area contributed by atoms with Crippen molar-refractivity contribution in [3.63, 3.8) is 0 Å². The highest BCUT2D eigenvalue weighted by atomic mass is 16.6. The Hall–Kier alpha value is -2.70. The summed E-state index contributed by atoms with van der Waals surface area (Å²) >= 11 is 0. The quantitative estimate of drug-likeness (QED) is 0.666. The van der Waals surface area contributed by atoms with E-state index in [0.29, 0.717) is 5.56 Å². The summed E-state index contributed by atoms with van der Waals surface area (Å²) < 4.78 is 0. The fourth-order valence-electron chi connectivity index (χ4n) is 2.25. The summed E-state index contributed by atoms with van der Waals surface area (Å²) in [5.41, 5.74) is 0.449. The molecule has 1 aromatic rings. The average molecular weight is 276 g/mol. The second-order valence-electron chi connectivity index (χ2n) is 4.49. The number of carbonyl (C=O) groups excluding carboxylic acids is 2. The summed E-state index contributed by atoms with van der Waals surface area (Å²) in [6.45, 7) is 1.26. The number of aliphatic hydroxyl groups excluding tert-OH is 1. The topological polar surface area (TPSA) is 101 Å². The van der Waals surface area contributed by atoms with Gasteiger partial charge in [0.1, 0.15) is 0 Å². The summed E-state index contributed by atoms with van der Waals surface area (Å²) in [7, 11) is 1.46. The van der Waals surface area contributed by atoms with Gasteiger partial charge in [-0.25, -0.2) is 0 Å². The smallest absolute Gasteiger partial charge is 0.289 e. The second kappa shape index (κ2) is 4.76. The van der Waals surface area contributed by atoms with Crippen molar-refractivity contribution >= 4 is 17.4 Å². The van der Waals surface area contributed by atoms with Gasteiger partial charge in [0.15, 0.2) is 11.5 Å². The van der Waals surface area contributed by atoms with Gasteiger partial charge >= 0.3 is 0 Å². The van der Waals surface area contributed by atoms with Gasteiger partial charge in [-0.05, 0) is 24.6 Å². The Balaban J connectivity index is 2.48. The van der Waals surface area contributed by atoms with Crippen LogP contribution in [-0.2, 0) is 9.59 Å². The molecule has 0 spiro atoms. The van der Waals surface area contributed by atoms with E-state index < -0.39 is 28.4 Å². The predicted octanol–water partition coefficient (Wildman–Crippen LogP) is 1.51. The molecule has 20 heavy (non-hydrogen) atoms. The minimum Gasteiger partial charge on any atom is -0.503 e. The lowest BCUT2D eigenvalue weighted by Gasteiger charge is -2.21. The number of carbonyl (C=O) groups is 2. The number of ketones is 1. The summed E-state index contributed by atoms with van der Waals surface area (Å²) in [6, 6.07) is 4.80. The van der Waals surface area contributed by atoms with E-state index in [2.05, 4.69) is 0 Å². The molecule has 1 aliphatic rings. The van der Waals surface area contributed by atoms with Crippen molar-refractivity contribution in [2.24, 2.45) is 0 Å². The Bertz CT molecular complexity index is 633. The molecule has 1 atom stereocenters. The lowest BCUT2D eigenvalue weighted by molar-refractivity contribution is -0.384. The summed E-state index contributed by atoms with van der Waals surface area (Å²) in [5, 5.41) is 20.3. The molecule has 1 heterocycles. The van der Waals surface area contributed by atoms with Gasteiger partial charge < -0.3 is 10.0 Å². The van der Waals surface area contributed by atoms with Crippen LogP contribution >= 0.6 is 0 Å². The maximum Gasteiger partial charge on any atom is 0.289 e. The minimum atomic E-state index is -0.721.